The molecule has 0 bridgehead atoms. The molecule has 1 aliphatic rings. The normalized spacial score (nSPS) is 24.3. The van der Waals surface area contributed by atoms with Crippen LogP contribution in [0, 0.1) is 5.41 Å². The van der Waals surface area contributed by atoms with E-state index in [-0.39, 0.29) is 18.6 Å². The standard InChI is InChI=1S/C7H15NO2/c1-2-8-3-7(4-8,5-9)6-10/h9-10H,2-6H2,1H3. The van der Waals surface area contributed by atoms with Crippen molar-refractivity contribution >= 4 is 0 Å². The average Bonchev–Trinajstić information content (AvgIpc) is 1.89. The van der Waals surface area contributed by atoms with Crippen molar-refractivity contribution in [2.75, 3.05) is 32.8 Å². The van der Waals surface area contributed by atoms with Gasteiger partial charge in [-0.3, -0.25) is 0 Å². The smallest absolute Gasteiger partial charge is 0.0534 e. The predicted octanol–water partition coefficient (Wildman–Crippen LogP) is -0.707. The molecule has 1 rings (SSSR count). The van der Waals surface area contributed by atoms with Crippen LogP contribution in [0.2, 0.25) is 0 Å². The van der Waals surface area contributed by atoms with Crippen LogP contribution in [-0.2, 0) is 0 Å². The molecule has 1 saturated heterocycles. The van der Waals surface area contributed by atoms with Crippen molar-refractivity contribution in [1.82, 2.24) is 4.90 Å². The molecule has 0 amide bonds. The lowest BCUT2D eigenvalue weighted by Crippen LogP contribution is -2.59. The first kappa shape index (κ1) is 7.98. The summed E-state index contributed by atoms with van der Waals surface area (Å²) in [7, 11) is 0. The van der Waals surface area contributed by atoms with Gasteiger partial charge in [0.2, 0.25) is 0 Å². The maximum atomic E-state index is 8.86. The SMILES string of the molecule is CCN1CC(CO)(CO)C1. The van der Waals surface area contributed by atoms with E-state index >= 15 is 0 Å². The highest BCUT2D eigenvalue weighted by molar-refractivity contribution is 4.93. The van der Waals surface area contributed by atoms with Crippen molar-refractivity contribution < 1.29 is 10.2 Å². The maximum absolute atomic E-state index is 8.86. The Morgan fingerprint density at radius 2 is 1.80 bits per heavy atom. The van der Waals surface area contributed by atoms with Crippen molar-refractivity contribution in [2.45, 2.75) is 6.92 Å². The summed E-state index contributed by atoms with van der Waals surface area (Å²) in [6, 6.07) is 0. The lowest BCUT2D eigenvalue weighted by Gasteiger charge is -2.47. The molecule has 1 heterocycles. The van der Waals surface area contributed by atoms with Gasteiger partial charge >= 0.3 is 0 Å². The van der Waals surface area contributed by atoms with Crippen LogP contribution in [0.4, 0.5) is 0 Å². The first-order chi connectivity index (χ1) is 4.76. The highest BCUT2D eigenvalue weighted by atomic mass is 16.3. The van der Waals surface area contributed by atoms with Gasteiger partial charge in [0.05, 0.1) is 13.2 Å². The molecule has 0 aromatic carbocycles. The molecule has 0 atom stereocenters. The Morgan fingerprint density at radius 1 is 1.30 bits per heavy atom. The molecular weight excluding hydrogens is 130 g/mol. The van der Waals surface area contributed by atoms with Crippen LogP contribution in [-0.4, -0.2) is 48.0 Å². The molecule has 1 aliphatic heterocycles. The summed E-state index contributed by atoms with van der Waals surface area (Å²) in [5.74, 6) is 0. The summed E-state index contributed by atoms with van der Waals surface area (Å²) < 4.78 is 0. The lowest BCUT2D eigenvalue weighted by molar-refractivity contribution is -0.0721. The van der Waals surface area contributed by atoms with Crippen LogP contribution >= 0.6 is 0 Å². The van der Waals surface area contributed by atoms with Gasteiger partial charge in [-0.05, 0) is 6.54 Å². The van der Waals surface area contributed by atoms with E-state index in [0.29, 0.717) is 0 Å². The molecule has 2 N–H and O–H groups in total. The van der Waals surface area contributed by atoms with Gasteiger partial charge in [-0.15, -0.1) is 0 Å². The van der Waals surface area contributed by atoms with E-state index in [1.165, 1.54) is 0 Å². The second kappa shape index (κ2) is 2.86. The summed E-state index contributed by atoms with van der Waals surface area (Å²) in [4.78, 5) is 2.20. The molecule has 0 aliphatic carbocycles. The monoisotopic (exact) mass is 145 g/mol. The summed E-state index contributed by atoms with van der Waals surface area (Å²) in [5, 5.41) is 17.7. The van der Waals surface area contributed by atoms with Gasteiger partial charge in [0, 0.05) is 18.5 Å². The van der Waals surface area contributed by atoms with Gasteiger partial charge in [0.25, 0.3) is 0 Å². The number of nitrogens with zero attached hydrogens (tertiary/aromatic N) is 1. The largest absolute Gasteiger partial charge is 0.396 e. The zero-order valence-corrected chi connectivity index (χ0v) is 6.38. The number of hydrogen-bond acceptors (Lipinski definition) is 3. The van der Waals surface area contributed by atoms with Crippen LogP contribution in [0.5, 0.6) is 0 Å². The first-order valence-corrected chi connectivity index (χ1v) is 3.70. The zero-order chi connectivity index (χ0) is 7.61. The number of likely N-dealkylation sites (tertiary alicyclic amines) is 1. The van der Waals surface area contributed by atoms with Crippen LogP contribution in [0.15, 0.2) is 0 Å². The Hall–Kier alpha value is -0.120. The predicted molar refractivity (Wildman–Crippen MR) is 38.7 cm³/mol. The molecule has 0 radical (unpaired) electrons. The molecule has 10 heavy (non-hydrogen) atoms. The molecule has 1 fully saturated rings. The van der Waals surface area contributed by atoms with Gasteiger partial charge in [0.15, 0.2) is 0 Å². The molecule has 0 unspecified atom stereocenters. The highest BCUT2D eigenvalue weighted by Crippen LogP contribution is 2.28. The maximum Gasteiger partial charge on any atom is 0.0534 e. The molecular formula is C7H15NO2. The van der Waals surface area contributed by atoms with Crippen LogP contribution in [0.25, 0.3) is 0 Å². The lowest BCUT2D eigenvalue weighted by atomic mass is 9.81. The van der Waals surface area contributed by atoms with Gasteiger partial charge in [0.1, 0.15) is 0 Å². The van der Waals surface area contributed by atoms with E-state index in [1.807, 2.05) is 0 Å². The summed E-state index contributed by atoms with van der Waals surface area (Å²) in [5.41, 5.74) is -0.185. The van der Waals surface area contributed by atoms with E-state index in [1.54, 1.807) is 0 Å². The highest BCUT2D eigenvalue weighted by Gasteiger charge is 2.40. The van der Waals surface area contributed by atoms with E-state index < -0.39 is 0 Å². The van der Waals surface area contributed by atoms with Gasteiger partial charge in [-0.1, -0.05) is 6.92 Å². The minimum atomic E-state index is -0.185. The third-order valence-corrected chi connectivity index (χ3v) is 2.24. The molecule has 0 spiro atoms. The van der Waals surface area contributed by atoms with E-state index in [0.717, 1.165) is 19.6 Å². The molecule has 0 aromatic rings. The Morgan fingerprint density at radius 3 is 2.10 bits per heavy atom. The van der Waals surface area contributed by atoms with Crippen molar-refractivity contribution in [1.29, 1.82) is 0 Å². The van der Waals surface area contributed by atoms with Crippen LogP contribution in [0.1, 0.15) is 6.92 Å². The zero-order valence-electron chi connectivity index (χ0n) is 6.38. The van der Waals surface area contributed by atoms with Gasteiger partial charge < -0.3 is 15.1 Å². The topological polar surface area (TPSA) is 43.7 Å². The quantitative estimate of drug-likeness (QED) is 0.551. The second-order valence-corrected chi connectivity index (χ2v) is 3.12. The van der Waals surface area contributed by atoms with Crippen molar-refractivity contribution in [3.05, 3.63) is 0 Å². The summed E-state index contributed by atoms with van der Waals surface area (Å²) in [6.45, 7) is 5.01. The minimum absolute atomic E-state index is 0.111. The van der Waals surface area contributed by atoms with Crippen molar-refractivity contribution in [2.24, 2.45) is 5.41 Å². The summed E-state index contributed by atoms with van der Waals surface area (Å²) in [6.07, 6.45) is 0. The Balaban J connectivity index is 2.31. The van der Waals surface area contributed by atoms with Gasteiger partial charge in [-0.2, -0.15) is 0 Å². The number of rotatable bonds is 3. The molecule has 3 nitrogen and oxygen atoms in total. The number of hydrogen-bond donors (Lipinski definition) is 2. The third kappa shape index (κ3) is 1.17. The minimum Gasteiger partial charge on any atom is -0.396 e. The van der Waals surface area contributed by atoms with Gasteiger partial charge in [-0.25, -0.2) is 0 Å². The fraction of sp³-hybridized carbons (Fsp3) is 1.00. The molecule has 3 heteroatoms. The molecule has 0 aromatic heterocycles. The fourth-order valence-corrected chi connectivity index (χ4v) is 1.38. The Labute approximate surface area is 61.3 Å². The second-order valence-electron chi connectivity index (χ2n) is 3.12. The average molecular weight is 145 g/mol. The summed E-state index contributed by atoms with van der Waals surface area (Å²) >= 11 is 0. The number of aliphatic hydroxyl groups excluding tert-OH is 2. The number of aliphatic hydroxyl groups is 2. The first-order valence-electron chi connectivity index (χ1n) is 3.70. The van der Waals surface area contributed by atoms with E-state index in [2.05, 4.69) is 11.8 Å². The van der Waals surface area contributed by atoms with Crippen molar-refractivity contribution in [3.8, 4) is 0 Å². The third-order valence-electron chi connectivity index (χ3n) is 2.24. The molecule has 0 saturated carbocycles. The van der Waals surface area contributed by atoms with Crippen LogP contribution in [0.3, 0.4) is 0 Å². The fourth-order valence-electron chi connectivity index (χ4n) is 1.38. The van der Waals surface area contributed by atoms with Crippen molar-refractivity contribution in [3.63, 3.8) is 0 Å². The van der Waals surface area contributed by atoms with E-state index in [4.69, 9.17) is 10.2 Å². The van der Waals surface area contributed by atoms with E-state index in [9.17, 15) is 0 Å². The van der Waals surface area contributed by atoms with Crippen LogP contribution < -0.4 is 0 Å². The molecule has 60 valence electrons. The Bertz CT molecular complexity index is 104. The Kier molecular flexibility index (Phi) is 2.28.